The number of nitrogens with two attached hydrogens (primary N) is 1. The molecule has 3 heteroatoms. The number of hydrogen-bond acceptors (Lipinski definition) is 3. The van der Waals surface area contributed by atoms with E-state index in [0.717, 1.165) is 18.8 Å². The molecule has 0 radical (unpaired) electrons. The molecule has 0 saturated heterocycles. The second kappa shape index (κ2) is 6.99. The largest absolute Gasteiger partial charge is 0.495 e. The zero-order valence-electron chi connectivity index (χ0n) is 10.2. The lowest BCUT2D eigenvalue weighted by Crippen LogP contribution is -1.99. The molecule has 0 aliphatic rings. The standard InChI is InChI=1S/C13H21NO2/c1-3-4-5-6-9-16-11-7-8-13(15-2)12(14)10-11/h7-8,10H,3-6,9,14H2,1-2H3. The van der Waals surface area contributed by atoms with Gasteiger partial charge in [-0.25, -0.2) is 0 Å². The van der Waals surface area contributed by atoms with Gasteiger partial charge in [0.1, 0.15) is 11.5 Å². The quantitative estimate of drug-likeness (QED) is 0.570. The van der Waals surface area contributed by atoms with Crippen LogP contribution in [0.2, 0.25) is 0 Å². The van der Waals surface area contributed by atoms with Crippen molar-refractivity contribution in [3.63, 3.8) is 0 Å². The third-order valence-electron chi connectivity index (χ3n) is 2.47. The SMILES string of the molecule is CCCCCCOc1ccc(OC)c(N)c1. The molecule has 0 amide bonds. The molecule has 0 heterocycles. The van der Waals surface area contributed by atoms with Gasteiger partial charge < -0.3 is 15.2 Å². The maximum Gasteiger partial charge on any atom is 0.142 e. The molecule has 3 nitrogen and oxygen atoms in total. The summed E-state index contributed by atoms with van der Waals surface area (Å²) in [6, 6.07) is 5.52. The van der Waals surface area contributed by atoms with Crippen molar-refractivity contribution in [2.75, 3.05) is 19.5 Å². The number of benzene rings is 1. The predicted octanol–water partition coefficient (Wildman–Crippen LogP) is 3.24. The Morgan fingerprint density at radius 2 is 2.00 bits per heavy atom. The van der Waals surface area contributed by atoms with Gasteiger partial charge in [0.2, 0.25) is 0 Å². The fourth-order valence-electron chi connectivity index (χ4n) is 1.52. The molecule has 0 bridgehead atoms. The fourth-order valence-corrected chi connectivity index (χ4v) is 1.52. The lowest BCUT2D eigenvalue weighted by atomic mass is 10.2. The fraction of sp³-hybridized carbons (Fsp3) is 0.538. The van der Waals surface area contributed by atoms with E-state index in [4.69, 9.17) is 15.2 Å². The molecule has 0 fully saturated rings. The van der Waals surface area contributed by atoms with Gasteiger partial charge in [0, 0.05) is 6.07 Å². The molecule has 2 N–H and O–H groups in total. The zero-order valence-corrected chi connectivity index (χ0v) is 10.2. The molecule has 0 aromatic heterocycles. The molecule has 90 valence electrons. The molecule has 1 aromatic rings. The molecule has 0 saturated carbocycles. The molecular formula is C13H21NO2. The highest BCUT2D eigenvalue weighted by atomic mass is 16.5. The number of methoxy groups -OCH3 is 1. The predicted molar refractivity (Wildman–Crippen MR) is 67.0 cm³/mol. The van der Waals surface area contributed by atoms with Crippen LogP contribution in [0.25, 0.3) is 0 Å². The van der Waals surface area contributed by atoms with E-state index in [1.807, 2.05) is 12.1 Å². The van der Waals surface area contributed by atoms with Crippen molar-refractivity contribution in [2.24, 2.45) is 0 Å². The molecule has 0 spiro atoms. The average Bonchev–Trinajstić information content (AvgIpc) is 2.29. The smallest absolute Gasteiger partial charge is 0.142 e. The highest BCUT2D eigenvalue weighted by Gasteiger charge is 2.00. The van der Waals surface area contributed by atoms with Gasteiger partial charge in [-0.2, -0.15) is 0 Å². The summed E-state index contributed by atoms with van der Waals surface area (Å²) >= 11 is 0. The lowest BCUT2D eigenvalue weighted by molar-refractivity contribution is 0.304. The average molecular weight is 223 g/mol. The van der Waals surface area contributed by atoms with Crippen LogP contribution in [-0.4, -0.2) is 13.7 Å². The Morgan fingerprint density at radius 3 is 2.62 bits per heavy atom. The molecule has 0 unspecified atom stereocenters. The van der Waals surface area contributed by atoms with E-state index in [0.29, 0.717) is 11.4 Å². The summed E-state index contributed by atoms with van der Waals surface area (Å²) < 4.78 is 10.7. The Morgan fingerprint density at radius 1 is 1.19 bits per heavy atom. The van der Waals surface area contributed by atoms with Gasteiger partial charge in [0.15, 0.2) is 0 Å². The summed E-state index contributed by atoms with van der Waals surface area (Å²) in [7, 11) is 1.61. The summed E-state index contributed by atoms with van der Waals surface area (Å²) in [6.07, 6.45) is 4.84. The van der Waals surface area contributed by atoms with Crippen LogP contribution in [-0.2, 0) is 0 Å². The molecular weight excluding hydrogens is 202 g/mol. The molecule has 0 atom stereocenters. The van der Waals surface area contributed by atoms with Crippen LogP contribution in [0.4, 0.5) is 5.69 Å². The first-order valence-corrected chi connectivity index (χ1v) is 5.84. The minimum atomic E-state index is 0.619. The van der Waals surface area contributed by atoms with E-state index in [9.17, 15) is 0 Å². The molecule has 1 aromatic carbocycles. The van der Waals surface area contributed by atoms with Crippen LogP contribution in [0.3, 0.4) is 0 Å². The highest BCUT2D eigenvalue weighted by molar-refractivity contribution is 5.56. The van der Waals surface area contributed by atoms with Crippen LogP contribution in [0.1, 0.15) is 32.6 Å². The summed E-state index contributed by atoms with van der Waals surface area (Å²) in [5.74, 6) is 1.51. The van der Waals surface area contributed by atoms with E-state index in [2.05, 4.69) is 6.92 Å². The van der Waals surface area contributed by atoms with Crippen molar-refractivity contribution in [1.82, 2.24) is 0 Å². The first-order chi connectivity index (χ1) is 7.77. The topological polar surface area (TPSA) is 44.5 Å². The molecule has 0 aliphatic carbocycles. The summed E-state index contributed by atoms with van der Waals surface area (Å²) in [6.45, 7) is 2.96. The Hall–Kier alpha value is -1.38. The van der Waals surface area contributed by atoms with Gasteiger partial charge in [0.25, 0.3) is 0 Å². The minimum absolute atomic E-state index is 0.619. The molecule has 1 rings (SSSR count). The summed E-state index contributed by atoms with van der Waals surface area (Å²) in [5.41, 5.74) is 6.40. The zero-order chi connectivity index (χ0) is 11.8. The number of rotatable bonds is 7. The molecule has 16 heavy (non-hydrogen) atoms. The Kier molecular flexibility index (Phi) is 5.54. The summed E-state index contributed by atoms with van der Waals surface area (Å²) in [5, 5.41) is 0. The Balaban J connectivity index is 2.34. The normalized spacial score (nSPS) is 10.1. The van der Waals surface area contributed by atoms with Crippen LogP contribution in [0.5, 0.6) is 11.5 Å². The van der Waals surface area contributed by atoms with Crippen LogP contribution in [0, 0.1) is 0 Å². The number of nitrogen functional groups attached to an aromatic ring is 1. The van der Waals surface area contributed by atoms with Crippen molar-refractivity contribution in [1.29, 1.82) is 0 Å². The number of anilines is 1. The lowest BCUT2D eigenvalue weighted by Gasteiger charge is -2.09. The van der Waals surface area contributed by atoms with Gasteiger partial charge in [-0.05, 0) is 18.6 Å². The summed E-state index contributed by atoms with van der Waals surface area (Å²) in [4.78, 5) is 0. The van der Waals surface area contributed by atoms with Crippen molar-refractivity contribution in [3.8, 4) is 11.5 Å². The van der Waals surface area contributed by atoms with Gasteiger partial charge in [0.05, 0.1) is 19.4 Å². The van der Waals surface area contributed by atoms with Gasteiger partial charge >= 0.3 is 0 Å². The third kappa shape index (κ3) is 4.01. The van der Waals surface area contributed by atoms with Gasteiger partial charge in [-0.3, -0.25) is 0 Å². The Bertz CT molecular complexity index is 313. The second-order valence-corrected chi connectivity index (χ2v) is 3.81. The van der Waals surface area contributed by atoms with E-state index in [1.165, 1.54) is 19.3 Å². The number of unbranched alkanes of at least 4 members (excludes halogenated alkanes) is 3. The maximum absolute atomic E-state index is 5.78. The maximum atomic E-state index is 5.78. The van der Waals surface area contributed by atoms with Crippen molar-refractivity contribution < 1.29 is 9.47 Å². The Labute approximate surface area is 97.6 Å². The third-order valence-corrected chi connectivity index (χ3v) is 2.47. The monoisotopic (exact) mass is 223 g/mol. The van der Waals surface area contributed by atoms with E-state index < -0.39 is 0 Å². The highest BCUT2D eigenvalue weighted by Crippen LogP contribution is 2.25. The van der Waals surface area contributed by atoms with Crippen molar-refractivity contribution in [3.05, 3.63) is 18.2 Å². The van der Waals surface area contributed by atoms with Crippen molar-refractivity contribution >= 4 is 5.69 Å². The van der Waals surface area contributed by atoms with E-state index in [1.54, 1.807) is 13.2 Å². The van der Waals surface area contributed by atoms with E-state index >= 15 is 0 Å². The van der Waals surface area contributed by atoms with Gasteiger partial charge in [-0.15, -0.1) is 0 Å². The van der Waals surface area contributed by atoms with Gasteiger partial charge in [-0.1, -0.05) is 26.2 Å². The first kappa shape index (κ1) is 12.7. The number of hydrogen-bond donors (Lipinski definition) is 1. The molecule has 0 aliphatic heterocycles. The number of ether oxygens (including phenoxy) is 2. The first-order valence-electron chi connectivity index (χ1n) is 5.84. The van der Waals surface area contributed by atoms with Crippen LogP contribution in [0.15, 0.2) is 18.2 Å². The second-order valence-electron chi connectivity index (χ2n) is 3.81. The van der Waals surface area contributed by atoms with E-state index in [-0.39, 0.29) is 0 Å². The van der Waals surface area contributed by atoms with Crippen molar-refractivity contribution in [2.45, 2.75) is 32.6 Å². The van der Waals surface area contributed by atoms with Crippen LogP contribution >= 0.6 is 0 Å². The van der Waals surface area contributed by atoms with Crippen LogP contribution < -0.4 is 15.2 Å². The minimum Gasteiger partial charge on any atom is -0.495 e.